The molecule has 9 heteroatoms. The number of likely N-dealkylation sites (tertiary alicyclic amines) is 1. The van der Waals surface area contributed by atoms with Crippen LogP contribution in [0.15, 0.2) is 66.7 Å². The van der Waals surface area contributed by atoms with Crippen LogP contribution in [0.5, 0.6) is 0 Å². The van der Waals surface area contributed by atoms with E-state index in [1.807, 2.05) is 37.3 Å². The van der Waals surface area contributed by atoms with Crippen LogP contribution in [0.25, 0.3) is 10.9 Å². The zero-order chi connectivity index (χ0) is 34.3. The number of fused-ring (bicyclic) bond motifs is 2. The van der Waals surface area contributed by atoms with Crippen LogP contribution in [-0.4, -0.2) is 51.1 Å². The number of nitrogens with zero attached hydrogens (tertiary/aromatic N) is 4. The van der Waals surface area contributed by atoms with Gasteiger partial charge in [0.15, 0.2) is 0 Å². The maximum absolute atomic E-state index is 10.3. The zero-order valence-electron chi connectivity index (χ0n) is 29.7. The van der Waals surface area contributed by atoms with E-state index in [1.54, 1.807) is 6.20 Å². The number of hydrogen-bond donors (Lipinski definition) is 4. The second-order valence-corrected chi connectivity index (χ2v) is 16.7. The lowest BCUT2D eigenvalue weighted by molar-refractivity contribution is 0.0570. The summed E-state index contributed by atoms with van der Waals surface area (Å²) in [6.07, 6.45) is 23.0. The molecule has 3 heterocycles. The van der Waals surface area contributed by atoms with Gasteiger partial charge in [-0.05, 0) is 121 Å². The summed E-state index contributed by atoms with van der Waals surface area (Å²) in [6.45, 7) is 15.5. The first-order valence-electron chi connectivity index (χ1n) is 18.4. The van der Waals surface area contributed by atoms with Crippen molar-refractivity contribution in [2.24, 2.45) is 17.8 Å². The molecule has 2 aliphatic heterocycles. The number of anilines is 2. The molecule has 0 amide bonds. The predicted molar refractivity (Wildman–Crippen MR) is 202 cm³/mol. The molecule has 1 aromatic carbocycles. The highest BCUT2D eigenvalue weighted by Crippen LogP contribution is 2.54. The summed E-state index contributed by atoms with van der Waals surface area (Å²) >= 11 is 7.01. The smallest absolute Gasteiger partial charge is 0.103 e. The van der Waals surface area contributed by atoms with E-state index in [0.29, 0.717) is 22.1 Å². The van der Waals surface area contributed by atoms with Crippen LogP contribution in [0.2, 0.25) is 5.02 Å². The second kappa shape index (κ2) is 13.7. The zero-order valence-corrected chi connectivity index (χ0v) is 30.4. The molecular formula is C40H53ClN8. The summed E-state index contributed by atoms with van der Waals surface area (Å²) in [5.41, 5.74) is 12.0. The molecule has 3 atom stereocenters. The Hall–Kier alpha value is -3.51. The molecule has 49 heavy (non-hydrogen) atoms. The molecule has 0 spiro atoms. The van der Waals surface area contributed by atoms with Gasteiger partial charge in [-0.1, -0.05) is 42.5 Å². The summed E-state index contributed by atoms with van der Waals surface area (Å²) in [5, 5.41) is 21.8. The fraction of sp³-hybridized carbons (Fsp3) is 0.550. The molecule has 6 aliphatic rings. The van der Waals surface area contributed by atoms with Crippen molar-refractivity contribution in [1.29, 1.82) is 5.26 Å². The van der Waals surface area contributed by atoms with Crippen molar-refractivity contribution >= 4 is 33.9 Å². The molecule has 1 aromatic heterocycles. The van der Waals surface area contributed by atoms with Crippen LogP contribution >= 0.6 is 11.6 Å². The van der Waals surface area contributed by atoms with Crippen molar-refractivity contribution in [1.82, 2.24) is 25.9 Å². The van der Waals surface area contributed by atoms with E-state index in [0.717, 1.165) is 78.1 Å². The highest BCUT2D eigenvalue weighted by molar-refractivity contribution is 6.35. The maximum Gasteiger partial charge on any atom is 0.103 e. The molecule has 1 saturated heterocycles. The van der Waals surface area contributed by atoms with Crippen LogP contribution in [0.4, 0.5) is 11.4 Å². The van der Waals surface area contributed by atoms with Gasteiger partial charge in [0.2, 0.25) is 0 Å². The average molecular weight is 681 g/mol. The Bertz CT molecular complexity index is 1690. The summed E-state index contributed by atoms with van der Waals surface area (Å²) in [7, 11) is 0. The first kappa shape index (κ1) is 34.0. The van der Waals surface area contributed by atoms with Crippen molar-refractivity contribution < 1.29 is 0 Å². The second-order valence-electron chi connectivity index (χ2n) is 16.3. The van der Waals surface area contributed by atoms with E-state index in [-0.39, 0.29) is 17.1 Å². The lowest BCUT2D eigenvalue weighted by atomic mass is 9.65. The highest BCUT2D eigenvalue weighted by atomic mass is 35.5. The maximum atomic E-state index is 10.3. The van der Waals surface area contributed by atoms with Crippen molar-refractivity contribution in [3.63, 3.8) is 0 Å². The molecule has 4 N–H and O–H groups in total. The Morgan fingerprint density at radius 2 is 1.86 bits per heavy atom. The Labute approximate surface area is 297 Å². The molecule has 260 valence electrons. The third-order valence-electron chi connectivity index (χ3n) is 11.8. The van der Waals surface area contributed by atoms with Gasteiger partial charge in [-0.15, -0.1) is 5.53 Å². The first-order valence-corrected chi connectivity index (χ1v) is 18.7. The molecule has 0 radical (unpaired) electrons. The predicted octanol–water partition coefficient (Wildman–Crippen LogP) is 8.43. The number of nitrogens with one attached hydrogen (secondary N) is 4. The van der Waals surface area contributed by atoms with E-state index >= 15 is 0 Å². The Morgan fingerprint density at radius 3 is 2.55 bits per heavy atom. The fourth-order valence-electron chi connectivity index (χ4n) is 9.56. The Kier molecular flexibility index (Phi) is 9.47. The van der Waals surface area contributed by atoms with Crippen molar-refractivity contribution in [2.45, 2.75) is 109 Å². The number of allylic oxidation sites excluding steroid dienone is 3. The van der Waals surface area contributed by atoms with E-state index in [1.165, 1.54) is 38.5 Å². The number of hydrogen-bond acceptors (Lipinski definition) is 8. The van der Waals surface area contributed by atoms with E-state index in [9.17, 15) is 5.26 Å². The van der Waals surface area contributed by atoms with Gasteiger partial charge in [0.05, 0.1) is 33.5 Å². The molecule has 5 fully saturated rings. The summed E-state index contributed by atoms with van der Waals surface area (Å²) in [5.74, 6) is 2.42. The van der Waals surface area contributed by atoms with E-state index in [4.69, 9.17) is 11.6 Å². The van der Waals surface area contributed by atoms with Gasteiger partial charge in [-0.3, -0.25) is 14.9 Å². The third kappa shape index (κ3) is 7.08. The molecule has 8 nitrogen and oxygen atoms in total. The average Bonchev–Trinajstić information content (AvgIpc) is 3.47. The minimum atomic E-state index is -0.253. The van der Waals surface area contributed by atoms with Gasteiger partial charge in [0.1, 0.15) is 6.07 Å². The van der Waals surface area contributed by atoms with Gasteiger partial charge < -0.3 is 16.1 Å². The molecule has 4 saturated carbocycles. The normalized spacial score (nSPS) is 28.1. The summed E-state index contributed by atoms with van der Waals surface area (Å²) in [4.78, 5) is 7.26. The monoisotopic (exact) mass is 680 g/mol. The number of hydrazine groups is 2. The SMILES string of the molecule is C=C(/C=C\C=C/C)[C@H](Nc1cc(Cl)c2ncc(C#N)c(NC34CCC5CC(CC(C5)C3)C4)c2c1)C1=CN(C2CCN(C(C)(C)C)CC2)NN1. The Balaban J connectivity index is 1.19. The summed E-state index contributed by atoms with van der Waals surface area (Å²) < 4.78 is 0. The minimum Gasteiger partial charge on any atom is -0.378 e. The molecule has 4 bridgehead atoms. The largest absolute Gasteiger partial charge is 0.378 e. The molecule has 2 aromatic rings. The van der Waals surface area contributed by atoms with Gasteiger partial charge in [-0.2, -0.15) is 5.26 Å². The lowest BCUT2D eigenvalue weighted by Gasteiger charge is -2.46. The highest BCUT2D eigenvalue weighted by Gasteiger charge is 2.48. The number of benzene rings is 1. The summed E-state index contributed by atoms with van der Waals surface area (Å²) in [6, 6.07) is 6.65. The third-order valence-corrected chi connectivity index (χ3v) is 12.1. The number of aromatic nitrogens is 1. The van der Waals surface area contributed by atoms with Crippen LogP contribution in [0.1, 0.15) is 91.0 Å². The van der Waals surface area contributed by atoms with Gasteiger partial charge >= 0.3 is 0 Å². The number of nitriles is 1. The minimum absolute atomic E-state index is 0.0137. The van der Waals surface area contributed by atoms with E-state index in [2.05, 4.69) is 82.2 Å². The van der Waals surface area contributed by atoms with Crippen LogP contribution in [0.3, 0.4) is 0 Å². The lowest BCUT2D eigenvalue weighted by Crippen LogP contribution is -2.52. The fourth-order valence-corrected chi connectivity index (χ4v) is 9.83. The number of halogens is 1. The first-order chi connectivity index (χ1) is 23.5. The van der Waals surface area contributed by atoms with Crippen molar-refractivity contribution in [3.8, 4) is 6.07 Å². The molecular weight excluding hydrogens is 628 g/mol. The van der Waals surface area contributed by atoms with Crippen molar-refractivity contribution in [3.05, 3.63) is 77.3 Å². The quantitative estimate of drug-likeness (QED) is 0.196. The molecule has 8 rings (SSSR count). The van der Waals surface area contributed by atoms with Gasteiger partial charge in [-0.25, -0.2) is 0 Å². The Morgan fingerprint density at radius 1 is 1.12 bits per heavy atom. The van der Waals surface area contributed by atoms with E-state index < -0.39 is 0 Å². The van der Waals surface area contributed by atoms with Crippen molar-refractivity contribution in [2.75, 3.05) is 23.7 Å². The molecule has 4 aliphatic carbocycles. The standard InChI is InChI=1S/C40H53ClN8/c1-6-7-8-9-26(2)36(35-25-49(47-46-35)32-11-14-48(15-12-32)39(3,4)5)44-31-19-33-37(30(23-42)24-43-38(33)34(41)20-31)45-40-13-10-27-16-28(21-40)18-29(17-27)22-40/h6-9,19-20,24-25,27-29,32,36,44,46-47H,2,10-18,21-22H2,1,3-5H3,(H,43,45)/b7-6-,9-8-/t27?,28?,29?,36-,40?/m0/s1. The topological polar surface area (TPSA) is 91.3 Å². The molecule has 2 unspecified atom stereocenters. The van der Waals surface area contributed by atoms with Crippen LogP contribution in [0, 0.1) is 29.1 Å². The van der Waals surface area contributed by atoms with Crippen LogP contribution < -0.4 is 21.6 Å². The van der Waals surface area contributed by atoms with Gasteiger partial charge in [0.25, 0.3) is 0 Å². The number of piperidine rings is 1. The van der Waals surface area contributed by atoms with Crippen LogP contribution in [-0.2, 0) is 0 Å². The number of rotatable bonds is 9. The van der Waals surface area contributed by atoms with Gasteiger partial charge in [0, 0.05) is 53.7 Å². The number of pyridine rings is 1.